The van der Waals surface area contributed by atoms with E-state index in [-0.39, 0.29) is 6.61 Å². The van der Waals surface area contributed by atoms with Crippen LogP contribution in [0, 0.1) is 11.6 Å². The van der Waals surface area contributed by atoms with Gasteiger partial charge in [0.25, 0.3) is 0 Å². The van der Waals surface area contributed by atoms with Crippen molar-refractivity contribution in [2.24, 2.45) is 0 Å². The highest BCUT2D eigenvalue weighted by atomic mass is 19.1. The van der Waals surface area contributed by atoms with Crippen LogP contribution < -0.4 is 0 Å². The molecule has 0 aliphatic rings. The molecule has 0 spiro atoms. The minimum absolute atomic E-state index is 0.230. The van der Waals surface area contributed by atoms with E-state index in [0.29, 0.717) is 16.7 Å². The third-order valence-electron chi connectivity index (χ3n) is 2.26. The second kappa shape index (κ2) is 4.37. The number of rotatable bonds is 2. The molecular formula is C12H9F2NO. The summed E-state index contributed by atoms with van der Waals surface area (Å²) in [6.45, 7) is -0.230. The summed E-state index contributed by atoms with van der Waals surface area (Å²) >= 11 is 0. The van der Waals surface area contributed by atoms with Crippen molar-refractivity contribution >= 4 is 0 Å². The Balaban J connectivity index is 2.58. The standard InChI is InChI=1S/C12H9F2NO/c13-10-2-1-8(7-16)12(4-10)9-3-11(14)6-15-5-9/h1-6,16H,7H2. The Bertz CT molecular complexity index is 514. The van der Waals surface area contributed by atoms with Gasteiger partial charge in [-0.2, -0.15) is 0 Å². The van der Waals surface area contributed by atoms with E-state index in [9.17, 15) is 8.78 Å². The lowest BCUT2D eigenvalue weighted by Crippen LogP contribution is -1.92. The Kier molecular flexibility index (Phi) is 2.92. The number of benzene rings is 1. The SMILES string of the molecule is OCc1ccc(F)cc1-c1cncc(F)c1. The molecule has 0 fully saturated rings. The van der Waals surface area contributed by atoms with Gasteiger partial charge in [0.2, 0.25) is 0 Å². The van der Waals surface area contributed by atoms with Crippen LogP contribution in [0.3, 0.4) is 0 Å². The average molecular weight is 221 g/mol. The van der Waals surface area contributed by atoms with Crippen LogP contribution >= 0.6 is 0 Å². The molecule has 1 aromatic heterocycles. The van der Waals surface area contributed by atoms with Crippen LogP contribution in [-0.2, 0) is 6.61 Å². The maximum Gasteiger partial charge on any atom is 0.142 e. The first-order chi connectivity index (χ1) is 7.70. The highest BCUT2D eigenvalue weighted by molar-refractivity contribution is 5.66. The van der Waals surface area contributed by atoms with Gasteiger partial charge in [-0.25, -0.2) is 8.78 Å². The summed E-state index contributed by atoms with van der Waals surface area (Å²) < 4.78 is 26.0. The van der Waals surface area contributed by atoms with Gasteiger partial charge in [-0.1, -0.05) is 6.07 Å². The van der Waals surface area contributed by atoms with Crippen molar-refractivity contribution in [3.63, 3.8) is 0 Å². The van der Waals surface area contributed by atoms with Crippen molar-refractivity contribution in [3.05, 3.63) is 53.9 Å². The van der Waals surface area contributed by atoms with Gasteiger partial charge in [0, 0.05) is 11.8 Å². The Morgan fingerprint density at radius 3 is 2.56 bits per heavy atom. The highest BCUT2D eigenvalue weighted by Crippen LogP contribution is 2.24. The molecule has 0 saturated heterocycles. The molecule has 0 unspecified atom stereocenters. The Morgan fingerprint density at radius 1 is 1.06 bits per heavy atom. The molecule has 1 heterocycles. The monoisotopic (exact) mass is 221 g/mol. The molecule has 2 aromatic rings. The molecular weight excluding hydrogens is 212 g/mol. The minimum atomic E-state index is -0.495. The van der Waals surface area contributed by atoms with Crippen LogP contribution in [-0.4, -0.2) is 10.1 Å². The zero-order valence-corrected chi connectivity index (χ0v) is 8.32. The number of nitrogens with zero attached hydrogens (tertiary/aromatic N) is 1. The normalized spacial score (nSPS) is 10.4. The number of hydrogen-bond acceptors (Lipinski definition) is 2. The molecule has 2 rings (SSSR count). The van der Waals surface area contributed by atoms with Crippen molar-refractivity contribution in [1.82, 2.24) is 4.98 Å². The lowest BCUT2D eigenvalue weighted by Gasteiger charge is -2.07. The first-order valence-corrected chi connectivity index (χ1v) is 4.71. The number of aliphatic hydroxyl groups excluding tert-OH is 1. The summed E-state index contributed by atoms with van der Waals surface area (Å²) in [4.78, 5) is 3.69. The van der Waals surface area contributed by atoms with Gasteiger partial charge < -0.3 is 5.11 Å². The van der Waals surface area contributed by atoms with E-state index < -0.39 is 11.6 Å². The predicted molar refractivity (Wildman–Crippen MR) is 55.5 cm³/mol. The number of hydrogen-bond donors (Lipinski definition) is 1. The largest absolute Gasteiger partial charge is 0.392 e. The number of halogens is 2. The van der Waals surface area contributed by atoms with Crippen molar-refractivity contribution < 1.29 is 13.9 Å². The molecule has 0 saturated carbocycles. The average Bonchev–Trinajstić information content (AvgIpc) is 2.29. The molecule has 1 aromatic carbocycles. The molecule has 0 atom stereocenters. The molecule has 0 aliphatic heterocycles. The Labute approximate surface area is 91.2 Å². The summed E-state index contributed by atoms with van der Waals surface area (Å²) in [5.41, 5.74) is 1.44. The van der Waals surface area contributed by atoms with Gasteiger partial charge in [-0.15, -0.1) is 0 Å². The van der Waals surface area contributed by atoms with Crippen LogP contribution in [0.25, 0.3) is 11.1 Å². The lowest BCUT2D eigenvalue weighted by atomic mass is 10.0. The van der Waals surface area contributed by atoms with E-state index in [0.717, 1.165) is 6.20 Å². The number of pyridine rings is 1. The fraction of sp³-hybridized carbons (Fsp3) is 0.0833. The number of aromatic nitrogens is 1. The minimum Gasteiger partial charge on any atom is -0.392 e. The van der Waals surface area contributed by atoms with E-state index in [1.54, 1.807) is 0 Å². The Morgan fingerprint density at radius 2 is 1.88 bits per heavy atom. The smallest absolute Gasteiger partial charge is 0.142 e. The Hall–Kier alpha value is -1.81. The second-order valence-corrected chi connectivity index (χ2v) is 3.35. The summed E-state index contributed by atoms with van der Waals surface area (Å²) in [6, 6.07) is 5.22. The van der Waals surface area contributed by atoms with E-state index in [2.05, 4.69) is 4.98 Å². The summed E-state index contributed by atoms with van der Waals surface area (Å²) in [5, 5.41) is 9.10. The van der Waals surface area contributed by atoms with Gasteiger partial charge in [0.15, 0.2) is 0 Å². The lowest BCUT2D eigenvalue weighted by molar-refractivity contribution is 0.282. The van der Waals surface area contributed by atoms with Crippen molar-refractivity contribution in [2.45, 2.75) is 6.61 Å². The quantitative estimate of drug-likeness (QED) is 0.845. The number of aliphatic hydroxyl groups is 1. The fourth-order valence-corrected chi connectivity index (χ4v) is 1.51. The molecule has 82 valence electrons. The highest BCUT2D eigenvalue weighted by Gasteiger charge is 2.07. The molecule has 0 aliphatic carbocycles. The molecule has 0 amide bonds. The van der Waals surface area contributed by atoms with Gasteiger partial charge in [-0.3, -0.25) is 4.98 Å². The predicted octanol–water partition coefficient (Wildman–Crippen LogP) is 2.52. The van der Waals surface area contributed by atoms with E-state index in [4.69, 9.17) is 5.11 Å². The maximum absolute atomic E-state index is 13.1. The van der Waals surface area contributed by atoms with Gasteiger partial charge in [0.05, 0.1) is 12.8 Å². The second-order valence-electron chi connectivity index (χ2n) is 3.35. The van der Waals surface area contributed by atoms with E-state index in [1.807, 2.05) is 0 Å². The summed E-state index contributed by atoms with van der Waals surface area (Å²) in [7, 11) is 0. The van der Waals surface area contributed by atoms with Crippen LogP contribution in [0.5, 0.6) is 0 Å². The summed E-state index contributed by atoms with van der Waals surface area (Å²) in [5.74, 6) is -0.929. The third-order valence-corrected chi connectivity index (χ3v) is 2.26. The first kappa shape index (κ1) is 10.7. The molecule has 2 nitrogen and oxygen atoms in total. The maximum atomic E-state index is 13.1. The van der Waals surface area contributed by atoms with Crippen LogP contribution in [0.2, 0.25) is 0 Å². The molecule has 0 radical (unpaired) electrons. The van der Waals surface area contributed by atoms with E-state index in [1.165, 1.54) is 30.5 Å². The zero-order chi connectivity index (χ0) is 11.5. The fourth-order valence-electron chi connectivity index (χ4n) is 1.51. The summed E-state index contributed by atoms with van der Waals surface area (Å²) in [6.07, 6.45) is 2.50. The van der Waals surface area contributed by atoms with Gasteiger partial charge >= 0.3 is 0 Å². The first-order valence-electron chi connectivity index (χ1n) is 4.71. The van der Waals surface area contributed by atoms with Crippen molar-refractivity contribution in [1.29, 1.82) is 0 Å². The molecule has 0 bridgehead atoms. The van der Waals surface area contributed by atoms with Crippen molar-refractivity contribution in [3.8, 4) is 11.1 Å². The van der Waals surface area contributed by atoms with E-state index >= 15 is 0 Å². The topological polar surface area (TPSA) is 33.1 Å². The zero-order valence-electron chi connectivity index (χ0n) is 8.32. The van der Waals surface area contributed by atoms with Crippen LogP contribution in [0.15, 0.2) is 36.7 Å². The van der Waals surface area contributed by atoms with Crippen molar-refractivity contribution in [2.75, 3.05) is 0 Å². The molecule has 4 heteroatoms. The molecule has 1 N–H and O–H groups in total. The van der Waals surface area contributed by atoms with Gasteiger partial charge in [-0.05, 0) is 29.3 Å². The third kappa shape index (κ3) is 2.06. The van der Waals surface area contributed by atoms with Crippen LogP contribution in [0.4, 0.5) is 8.78 Å². The molecule has 16 heavy (non-hydrogen) atoms. The van der Waals surface area contributed by atoms with Crippen LogP contribution in [0.1, 0.15) is 5.56 Å². The van der Waals surface area contributed by atoms with Gasteiger partial charge in [0.1, 0.15) is 11.6 Å².